The number of hydrogen-bond acceptors (Lipinski definition) is 0. The minimum Gasteiger partial charge on any atom is -0.0887 e. The Morgan fingerprint density at radius 3 is 2.60 bits per heavy atom. The van der Waals surface area contributed by atoms with Crippen molar-refractivity contribution in [2.75, 3.05) is 0 Å². The summed E-state index contributed by atoms with van der Waals surface area (Å²) < 4.78 is 0. The van der Waals surface area contributed by atoms with Crippen molar-refractivity contribution in [3.63, 3.8) is 0 Å². The van der Waals surface area contributed by atoms with Gasteiger partial charge in [0.05, 0.1) is 0 Å². The molecule has 0 aliphatic heterocycles. The van der Waals surface area contributed by atoms with Crippen LogP contribution in [0.4, 0.5) is 0 Å². The molecule has 0 spiro atoms. The number of rotatable bonds is 4. The summed E-state index contributed by atoms with van der Waals surface area (Å²) in [5.74, 6) is 0.814. The van der Waals surface area contributed by atoms with Gasteiger partial charge in [0.15, 0.2) is 0 Å². The molecule has 0 aromatic heterocycles. The molecule has 0 saturated carbocycles. The van der Waals surface area contributed by atoms with E-state index in [1.807, 2.05) is 0 Å². The molecule has 1 radical (unpaired) electrons. The Kier molecular flexibility index (Phi) is 5.38. The Morgan fingerprint density at radius 1 is 1.60 bits per heavy atom. The van der Waals surface area contributed by atoms with Gasteiger partial charge in [0.1, 0.15) is 0 Å². The van der Waals surface area contributed by atoms with Gasteiger partial charge in [-0.2, -0.15) is 0 Å². The van der Waals surface area contributed by atoms with Gasteiger partial charge in [-0.05, 0) is 26.2 Å². The van der Waals surface area contributed by atoms with Gasteiger partial charge < -0.3 is 0 Å². The van der Waals surface area contributed by atoms with Gasteiger partial charge in [0, 0.05) is 0 Å². The van der Waals surface area contributed by atoms with Gasteiger partial charge in [-0.15, -0.1) is 0 Å². The molecular formula is C10H19. The molecular weight excluding hydrogens is 120 g/mol. The predicted molar refractivity (Wildman–Crippen MR) is 47.8 cm³/mol. The molecule has 1 unspecified atom stereocenters. The van der Waals surface area contributed by atoms with E-state index >= 15 is 0 Å². The summed E-state index contributed by atoms with van der Waals surface area (Å²) in [6.45, 7) is 10.4. The van der Waals surface area contributed by atoms with Crippen LogP contribution < -0.4 is 0 Å². The van der Waals surface area contributed by atoms with Gasteiger partial charge in [-0.3, -0.25) is 0 Å². The van der Waals surface area contributed by atoms with Crippen LogP contribution in [0, 0.1) is 12.8 Å². The largest absolute Gasteiger partial charge is 0.0887 e. The van der Waals surface area contributed by atoms with Crippen LogP contribution in [0.15, 0.2) is 11.6 Å². The van der Waals surface area contributed by atoms with Crippen molar-refractivity contribution in [1.29, 1.82) is 0 Å². The molecule has 0 heteroatoms. The van der Waals surface area contributed by atoms with Crippen molar-refractivity contribution >= 4 is 0 Å². The van der Waals surface area contributed by atoms with Crippen molar-refractivity contribution in [1.82, 2.24) is 0 Å². The van der Waals surface area contributed by atoms with Crippen LogP contribution >= 0.6 is 0 Å². The van der Waals surface area contributed by atoms with Crippen LogP contribution in [0.2, 0.25) is 0 Å². The molecule has 0 aliphatic rings. The highest BCUT2D eigenvalue weighted by Gasteiger charge is 1.99. The summed E-state index contributed by atoms with van der Waals surface area (Å²) in [6, 6.07) is 0. The van der Waals surface area contributed by atoms with E-state index in [0.29, 0.717) is 0 Å². The second-order valence-electron chi connectivity index (χ2n) is 3.09. The Hall–Kier alpha value is -0.260. The Bertz CT molecular complexity index is 101. The molecule has 0 amide bonds. The topological polar surface area (TPSA) is 0 Å². The van der Waals surface area contributed by atoms with Gasteiger partial charge in [0.25, 0.3) is 0 Å². The first-order valence-corrected chi connectivity index (χ1v) is 4.11. The molecule has 0 rings (SSSR count). The lowest BCUT2D eigenvalue weighted by Gasteiger charge is -2.08. The Balaban J connectivity index is 3.47. The van der Waals surface area contributed by atoms with E-state index in [4.69, 9.17) is 0 Å². The van der Waals surface area contributed by atoms with Gasteiger partial charge >= 0.3 is 0 Å². The molecule has 0 aromatic rings. The van der Waals surface area contributed by atoms with Gasteiger partial charge in [-0.1, -0.05) is 38.3 Å². The van der Waals surface area contributed by atoms with E-state index in [1.54, 1.807) is 0 Å². The van der Waals surface area contributed by atoms with E-state index in [9.17, 15) is 0 Å². The fourth-order valence-corrected chi connectivity index (χ4v) is 1.12. The van der Waals surface area contributed by atoms with Crippen molar-refractivity contribution in [3.8, 4) is 0 Å². The first-order valence-electron chi connectivity index (χ1n) is 4.11. The molecule has 0 heterocycles. The van der Waals surface area contributed by atoms with E-state index in [2.05, 4.69) is 33.8 Å². The lowest BCUT2D eigenvalue weighted by atomic mass is 9.98. The third-order valence-corrected chi connectivity index (χ3v) is 1.86. The van der Waals surface area contributed by atoms with Crippen LogP contribution in [-0.4, -0.2) is 0 Å². The van der Waals surface area contributed by atoms with Crippen LogP contribution in [0.1, 0.15) is 40.0 Å². The van der Waals surface area contributed by atoms with Gasteiger partial charge in [0.2, 0.25) is 0 Å². The fraction of sp³-hybridized carbons (Fsp3) is 0.700. The number of hydrogen-bond donors (Lipinski definition) is 0. The highest BCUT2D eigenvalue weighted by atomic mass is 14.1. The normalized spacial score (nSPS) is 15.4. The van der Waals surface area contributed by atoms with Crippen molar-refractivity contribution in [3.05, 3.63) is 18.6 Å². The maximum Gasteiger partial charge on any atom is -0.0297 e. The molecule has 1 atom stereocenters. The molecule has 0 saturated heterocycles. The van der Waals surface area contributed by atoms with Crippen LogP contribution in [0.5, 0.6) is 0 Å². The second-order valence-corrected chi connectivity index (χ2v) is 3.09. The predicted octanol–water partition coefficient (Wildman–Crippen LogP) is 3.59. The summed E-state index contributed by atoms with van der Waals surface area (Å²) >= 11 is 0. The highest BCUT2D eigenvalue weighted by Crippen LogP contribution is 2.15. The maximum absolute atomic E-state index is 3.84. The zero-order chi connectivity index (χ0) is 7.98. The summed E-state index contributed by atoms with van der Waals surface area (Å²) in [5, 5.41) is 0. The molecule has 59 valence electrons. The Morgan fingerprint density at radius 2 is 2.20 bits per heavy atom. The molecule has 0 N–H and O–H groups in total. The second kappa shape index (κ2) is 5.52. The van der Waals surface area contributed by atoms with Crippen molar-refractivity contribution in [2.45, 2.75) is 40.0 Å². The maximum atomic E-state index is 3.84. The minimum atomic E-state index is 0.814. The summed E-state index contributed by atoms with van der Waals surface area (Å²) in [7, 11) is 0. The van der Waals surface area contributed by atoms with E-state index in [0.717, 1.165) is 12.3 Å². The fourth-order valence-electron chi connectivity index (χ4n) is 1.12. The lowest BCUT2D eigenvalue weighted by Crippen LogP contribution is -1.93. The SMILES string of the molecule is [CH2]CCC(C)CC(C)=CC. The molecule has 10 heavy (non-hydrogen) atoms. The smallest absolute Gasteiger partial charge is 0.0297 e. The molecule has 0 aromatic carbocycles. The molecule has 0 bridgehead atoms. The van der Waals surface area contributed by atoms with Crippen molar-refractivity contribution in [2.24, 2.45) is 5.92 Å². The average Bonchev–Trinajstić information content (AvgIpc) is 1.88. The summed E-state index contributed by atoms with van der Waals surface area (Å²) in [6.07, 6.45) is 5.76. The van der Waals surface area contributed by atoms with Crippen LogP contribution in [0.3, 0.4) is 0 Å². The van der Waals surface area contributed by atoms with E-state index < -0.39 is 0 Å². The highest BCUT2D eigenvalue weighted by molar-refractivity contribution is 4.96. The molecule has 0 nitrogen and oxygen atoms in total. The quantitative estimate of drug-likeness (QED) is 0.522. The monoisotopic (exact) mass is 139 g/mol. The van der Waals surface area contributed by atoms with Gasteiger partial charge in [-0.25, -0.2) is 0 Å². The molecule has 0 aliphatic carbocycles. The Labute approximate surface area is 65.3 Å². The summed E-state index contributed by atoms with van der Waals surface area (Å²) in [4.78, 5) is 0. The molecule has 0 fully saturated rings. The summed E-state index contributed by atoms with van der Waals surface area (Å²) in [5.41, 5.74) is 1.50. The third kappa shape index (κ3) is 4.60. The van der Waals surface area contributed by atoms with Crippen molar-refractivity contribution < 1.29 is 0 Å². The first-order chi connectivity index (χ1) is 4.70. The average molecular weight is 139 g/mol. The standard InChI is InChI=1S/C10H19/c1-5-7-10(4)8-9(3)6-2/h6,10H,1,5,7-8H2,2-4H3. The first kappa shape index (κ1) is 9.74. The number of allylic oxidation sites excluding steroid dienone is 2. The zero-order valence-corrected chi connectivity index (χ0v) is 7.48. The lowest BCUT2D eigenvalue weighted by molar-refractivity contribution is 0.532. The van der Waals surface area contributed by atoms with E-state index in [1.165, 1.54) is 18.4 Å². The third-order valence-electron chi connectivity index (χ3n) is 1.86. The minimum absolute atomic E-state index is 0.814. The van der Waals surface area contributed by atoms with Crippen LogP contribution in [0.25, 0.3) is 0 Å². The zero-order valence-electron chi connectivity index (χ0n) is 7.48. The van der Waals surface area contributed by atoms with Crippen LogP contribution in [-0.2, 0) is 0 Å². The van der Waals surface area contributed by atoms with E-state index in [-0.39, 0.29) is 0 Å².